The van der Waals surface area contributed by atoms with Crippen molar-refractivity contribution in [1.82, 2.24) is 0 Å². The maximum atomic E-state index is 12.3. The number of nitrogens with zero attached hydrogens (tertiary/aromatic N) is 2. The van der Waals surface area contributed by atoms with Crippen molar-refractivity contribution in [1.29, 1.82) is 5.26 Å². The Morgan fingerprint density at radius 3 is 2.48 bits per heavy atom. The Morgan fingerprint density at radius 1 is 1.28 bits per heavy atom. The predicted molar refractivity (Wildman–Crippen MR) is 106 cm³/mol. The summed E-state index contributed by atoms with van der Waals surface area (Å²) >= 11 is 12.1. The van der Waals surface area contributed by atoms with Gasteiger partial charge in [-0.1, -0.05) is 29.3 Å². The molecule has 0 saturated heterocycles. The van der Waals surface area contributed by atoms with Crippen LogP contribution in [0.2, 0.25) is 10.0 Å². The van der Waals surface area contributed by atoms with E-state index in [2.05, 4.69) is 5.32 Å². The monoisotopic (exact) mass is 434 g/mol. The van der Waals surface area contributed by atoms with Gasteiger partial charge in [0.05, 0.1) is 15.0 Å². The number of rotatable bonds is 7. The molecule has 2 amide bonds. The summed E-state index contributed by atoms with van der Waals surface area (Å²) in [7, 11) is 0. The van der Waals surface area contributed by atoms with Crippen molar-refractivity contribution in [2.45, 2.75) is 0 Å². The number of carbonyl (C=O) groups excluding carboxylic acids is 2. The highest BCUT2D eigenvalue weighted by molar-refractivity contribution is 6.37. The van der Waals surface area contributed by atoms with Gasteiger partial charge in [0.1, 0.15) is 11.6 Å². The number of nitro groups is 1. The third kappa shape index (κ3) is 5.93. The molecule has 0 aliphatic rings. The Balaban J connectivity index is 2.26. The molecule has 0 spiro atoms. The van der Waals surface area contributed by atoms with Crippen molar-refractivity contribution in [3.05, 3.63) is 67.7 Å². The van der Waals surface area contributed by atoms with Gasteiger partial charge < -0.3 is 15.8 Å². The Hall–Kier alpha value is -3.61. The number of primary amides is 1. The molecule has 0 aliphatic heterocycles. The van der Waals surface area contributed by atoms with Gasteiger partial charge >= 0.3 is 0 Å². The first kappa shape index (κ1) is 21.7. The second kappa shape index (κ2) is 9.54. The minimum absolute atomic E-state index is 0.0313. The number of hydrogen-bond donors (Lipinski definition) is 2. The number of nitrogens with two attached hydrogens (primary N) is 1. The van der Waals surface area contributed by atoms with Crippen LogP contribution in [0.15, 0.2) is 42.0 Å². The highest BCUT2D eigenvalue weighted by Crippen LogP contribution is 2.35. The molecule has 0 saturated carbocycles. The number of halogens is 2. The van der Waals surface area contributed by atoms with E-state index in [1.807, 2.05) is 0 Å². The number of nitriles is 1. The predicted octanol–water partition coefficient (Wildman–Crippen LogP) is 3.31. The van der Waals surface area contributed by atoms with Crippen molar-refractivity contribution < 1.29 is 19.2 Å². The molecule has 0 unspecified atom stereocenters. The van der Waals surface area contributed by atoms with E-state index in [1.165, 1.54) is 36.4 Å². The lowest BCUT2D eigenvalue weighted by Crippen LogP contribution is -2.20. The Bertz CT molecular complexity index is 1040. The van der Waals surface area contributed by atoms with Crippen LogP contribution in [0.1, 0.15) is 5.56 Å². The fraction of sp³-hybridized carbons (Fsp3) is 0.0556. The first-order valence-electron chi connectivity index (χ1n) is 7.79. The number of benzene rings is 2. The maximum Gasteiger partial charge on any atom is 0.271 e. The number of non-ortho nitro benzene ring substituents is 1. The largest absolute Gasteiger partial charge is 0.481 e. The van der Waals surface area contributed by atoms with Crippen molar-refractivity contribution in [3.8, 4) is 11.8 Å². The summed E-state index contributed by atoms with van der Waals surface area (Å²) in [4.78, 5) is 33.3. The van der Waals surface area contributed by atoms with Gasteiger partial charge in [0.15, 0.2) is 12.4 Å². The molecule has 0 aromatic heterocycles. The molecule has 0 heterocycles. The van der Waals surface area contributed by atoms with E-state index >= 15 is 0 Å². The van der Waals surface area contributed by atoms with Gasteiger partial charge in [-0.3, -0.25) is 19.7 Å². The standard InChI is InChI=1S/C18H12Cl2N4O5/c19-14-5-10(6-15(20)17(14)29-9-16(22)25)4-11(8-21)18(26)23-12-2-1-3-13(7-12)24(27)28/h1-7H,9H2,(H2,22,25)(H,23,26)/b11-4+. The fourth-order valence-electron chi connectivity index (χ4n) is 2.15. The van der Waals surface area contributed by atoms with Crippen LogP contribution in [0, 0.1) is 21.4 Å². The van der Waals surface area contributed by atoms with Crippen molar-refractivity contribution in [2.24, 2.45) is 5.73 Å². The highest BCUT2D eigenvalue weighted by Gasteiger charge is 2.14. The van der Waals surface area contributed by atoms with Gasteiger partial charge in [0.2, 0.25) is 0 Å². The number of carbonyl (C=O) groups is 2. The van der Waals surface area contributed by atoms with E-state index in [9.17, 15) is 25.0 Å². The van der Waals surface area contributed by atoms with E-state index in [1.54, 1.807) is 6.07 Å². The number of anilines is 1. The Labute approximate surface area is 174 Å². The maximum absolute atomic E-state index is 12.3. The summed E-state index contributed by atoms with van der Waals surface area (Å²) in [6.45, 7) is -0.427. The molecular weight excluding hydrogens is 423 g/mol. The summed E-state index contributed by atoms with van der Waals surface area (Å²) < 4.78 is 5.11. The zero-order valence-corrected chi connectivity index (χ0v) is 16.0. The van der Waals surface area contributed by atoms with Crippen LogP contribution in [0.3, 0.4) is 0 Å². The van der Waals surface area contributed by atoms with Gasteiger partial charge in [-0.2, -0.15) is 5.26 Å². The van der Waals surface area contributed by atoms with Crippen LogP contribution < -0.4 is 15.8 Å². The molecule has 2 aromatic rings. The van der Waals surface area contributed by atoms with Crippen LogP contribution >= 0.6 is 23.2 Å². The molecule has 0 fully saturated rings. The van der Waals surface area contributed by atoms with Crippen molar-refractivity contribution >= 4 is 52.5 Å². The summed E-state index contributed by atoms with van der Waals surface area (Å²) in [6, 6.07) is 9.76. The van der Waals surface area contributed by atoms with Gasteiger partial charge in [-0.05, 0) is 29.8 Å². The third-order valence-electron chi connectivity index (χ3n) is 3.37. The van der Waals surface area contributed by atoms with Gasteiger partial charge in [-0.25, -0.2) is 0 Å². The number of amides is 2. The van der Waals surface area contributed by atoms with E-state index in [-0.39, 0.29) is 32.7 Å². The molecule has 0 atom stereocenters. The minimum atomic E-state index is -0.783. The van der Waals surface area contributed by atoms with E-state index < -0.39 is 23.3 Å². The Morgan fingerprint density at radius 2 is 1.93 bits per heavy atom. The average molecular weight is 435 g/mol. The number of ether oxygens (including phenoxy) is 1. The molecule has 2 aromatic carbocycles. The normalized spacial score (nSPS) is 10.7. The lowest BCUT2D eigenvalue weighted by Gasteiger charge is -2.09. The van der Waals surface area contributed by atoms with Crippen LogP contribution in [0.4, 0.5) is 11.4 Å². The van der Waals surface area contributed by atoms with Crippen LogP contribution in [-0.2, 0) is 9.59 Å². The first-order chi connectivity index (χ1) is 13.7. The molecule has 0 aliphatic carbocycles. The van der Waals surface area contributed by atoms with E-state index in [0.29, 0.717) is 5.56 Å². The number of nitro benzene ring substituents is 1. The van der Waals surface area contributed by atoms with Crippen LogP contribution in [-0.4, -0.2) is 23.3 Å². The first-order valence-corrected chi connectivity index (χ1v) is 8.54. The summed E-state index contributed by atoms with van der Waals surface area (Å²) in [5.41, 5.74) is 4.96. The number of hydrogen-bond acceptors (Lipinski definition) is 6. The summed E-state index contributed by atoms with van der Waals surface area (Å²) in [5, 5.41) is 22.6. The van der Waals surface area contributed by atoms with Gasteiger partial charge in [0.25, 0.3) is 17.5 Å². The van der Waals surface area contributed by atoms with Crippen LogP contribution in [0.5, 0.6) is 5.75 Å². The molecule has 29 heavy (non-hydrogen) atoms. The van der Waals surface area contributed by atoms with Crippen molar-refractivity contribution in [3.63, 3.8) is 0 Å². The molecule has 11 heteroatoms. The molecule has 0 bridgehead atoms. The molecule has 148 valence electrons. The van der Waals surface area contributed by atoms with E-state index in [0.717, 1.165) is 6.07 Å². The zero-order chi connectivity index (χ0) is 21.6. The SMILES string of the molecule is N#C/C(=C\c1cc(Cl)c(OCC(N)=O)c(Cl)c1)C(=O)Nc1cccc([N+](=O)[O-])c1. The number of nitrogens with one attached hydrogen (secondary N) is 1. The van der Waals surface area contributed by atoms with Gasteiger partial charge in [-0.15, -0.1) is 0 Å². The molecule has 0 radical (unpaired) electrons. The quantitative estimate of drug-likeness (QED) is 0.295. The lowest BCUT2D eigenvalue weighted by atomic mass is 10.1. The molecule has 2 rings (SSSR count). The smallest absolute Gasteiger partial charge is 0.271 e. The molecular formula is C18H12Cl2N4O5. The van der Waals surface area contributed by atoms with Gasteiger partial charge in [0, 0.05) is 17.8 Å². The minimum Gasteiger partial charge on any atom is -0.481 e. The second-order valence-corrected chi connectivity index (χ2v) is 6.31. The topological polar surface area (TPSA) is 148 Å². The zero-order valence-electron chi connectivity index (χ0n) is 14.5. The van der Waals surface area contributed by atoms with Crippen LogP contribution in [0.25, 0.3) is 6.08 Å². The lowest BCUT2D eigenvalue weighted by molar-refractivity contribution is -0.384. The summed E-state index contributed by atoms with van der Waals surface area (Å²) in [6.07, 6.45) is 1.22. The molecule has 9 nitrogen and oxygen atoms in total. The summed E-state index contributed by atoms with van der Waals surface area (Å²) in [5.74, 6) is -1.47. The highest BCUT2D eigenvalue weighted by atomic mass is 35.5. The van der Waals surface area contributed by atoms with Crippen molar-refractivity contribution in [2.75, 3.05) is 11.9 Å². The third-order valence-corrected chi connectivity index (χ3v) is 3.93. The second-order valence-electron chi connectivity index (χ2n) is 5.50. The Kier molecular flexibility index (Phi) is 7.14. The molecule has 3 N–H and O–H groups in total. The van der Waals surface area contributed by atoms with E-state index in [4.69, 9.17) is 33.7 Å². The average Bonchev–Trinajstić information content (AvgIpc) is 2.65. The fourth-order valence-corrected chi connectivity index (χ4v) is 2.77.